The third-order valence-corrected chi connectivity index (χ3v) is 5.56. The van der Waals surface area contributed by atoms with Crippen LogP contribution in [0.15, 0.2) is 35.0 Å². The summed E-state index contributed by atoms with van der Waals surface area (Å²) in [5.41, 5.74) is 1.86. The van der Waals surface area contributed by atoms with E-state index in [0.29, 0.717) is 12.4 Å². The summed E-state index contributed by atoms with van der Waals surface area (Å²) in [6.07, 6.45) is 1.81. The van der Waals surface area contributed by atoms with Crippen LogP contribution in [0.4, 0.5) is 0 Å². The van der Waals surface area contributed by atoms with Gasteiger partial charge in [0, 0.05) is 23.1 Å². The number of aromatic nitrogens is 4. The molecule has 0 radical (unpaired) electrons. The summed E-state index contributed by atoms with van der Waals surface area (Å²) in [7, 11) is 3.27. The fourth-order valence-electron chi connectivity index (χ4n) is 3.52. The van der Waals surface area contributed by atoms with Gasteiger partial charge >= 0.3 is 0 Å². The van der Waals surface area contributed by atoms with Crippen LogP contribution in [0.3, 0.4) is 0 Å². The van der Waals surface area contributed by atoms with E-state index in [0.717, 1.165) is 35.5 Å². The van der Waals surface area contributed by atoms with Crippen LogP contribution < -0.4 is 9.47 Å². The molecule has 0 bridgehead atoms. The van der Waals surface area contributed by atoms with Crippen molar-refractivity contribution < 1.29 is 14.3 Å². The summed E-state index contributed by atoms with van der Waals surface area (Å²) in [4.78, 5) is 16.2. The molecule has 1 aliphatic heterocycles. The maximum Gasteiger partial charge on any atom is 0.246 e. The average Bonchev–Trinajstić information content (AvgIpc) is 3.48. The first kappa shape index (κ1) is 18.4. The van der Waals surface area contributed by atoms with E-state index in [9.17, 15) is 4.79 Å². The van der Waals surface area contributed by atoms with E-state index in [-0.39, 0.29) is 18.5 Å². The number of nitrogens with zero attached hydrogens (tertiary/aromatic N) is 5. The SMILES string of the molecule is COc1ccc(OC)c([C@@H]2CCCN2C(=O)Cn2nnc(-c3ccsc3)n2)c1. The van der Waals surface area contributed by atoms with Crippen molar-refractivity contribution in [1.29, 1.82) is 0 Å². The Kier molecular flexibility index (Phi) is 5.25. The zero-order valence-corrected chi connectivity index (χ0v) is 16.6. The highest BCUT2D eigenvalue weighted by Crippen LogP contribution is 2.39. The average molecular weight is 399 g/mol. The molecule has 2 aromatic heterocycles. The lowest BCUT2D eigenvalue weighted by Crippen LogP contribution is -2.34. The summed E-state index contributed by atoms with van der Waals surface area (Å²) < 4.78 is 10.9. The predicted molar refractivity (Wildman–Crippen MR) is 104 cm³/mol. The minimum absolute atomic E-state index is 0.0401. The van der Waals surface area contributed by atoms with E-state index < -0.39 is 0 Å². The Morgan fingerprint density at radius 3 is 2.93 bits per heavy atom. The first-order valence-corrected chi connectivity index (χ1v) is 9.95. The molecule has 0 aliphatic carbocycles. The number of carbonyl (C=O) groups excluding carboxylic acids is 1. The van der Waals surface area contributed by atoms with Gasteiger partial charge in [0.05, 0.1) is 20.3 Å². The Morgan fingerprint density at radius 2 is 2.18 bits per heavy atom. The number of rotatable bonds is 6. The molecule has 0 spiro atoms. The van der Waals surface area contributed by atoms with Gasteiger partial charge in [0.2, 0.25) is 11.7 Å². The van der Waals surface area contributed by atoms with Crippen molar-refractivity contribution in [2.24, 2.45) is 0 Å². The molecule has 1 fully saturated rings. The summed E-state index contributed by atoms with van der Waals surface area (Å²) in [6, 6.07) is 7.55. The largest absolute Gasteiger partial charge is 0.497 e. The molecule has 1 atom stereocenters. The molecule has 0 unspecified atom stereocenters. The predicted octanol–water partition coefficient (Wildman–Crippen LogP) is 2.78. The molecule has 3 aromatic rings. The summed E-state index contributed by atoms with van der Waals surface area (Å²) in [5, 5.41) is 16.3. The van der Waals surface area contributed by atoms with Gasteiger partial charge in [0.25, 0.3) is 0 Å². The van der Waals surface area contributed by atoms with Gasteiger partial charge in [-0.2, -0.15) is 16.1 Å². The van der Waals surface area contributed by atoms with Crippen molar-refractivity contribution in [3.05, 3.63) is 40.6 Å². The Morgan fingerprint density at radius 1 is 1.29 bits per heavy atom. The van der Waals surface area contributed by atoms with E-state index in [1.165, 1.54) is 4.80 Å². The number of thiophene rings is 1. The number of methoxy groups -OCH3 is 2. The zero-order chi connectivity index (χ0) is 19.5. The van der Waals surface area contributed by atoms with E-state index >= 15 is 0 Å². The molecule has 1 aromatic carbocycles. The minimum Gasteiger partial charge on any atom is -0.497 e. The van der Waals surface area contributed by atoms with Gasteiger partial charge < -0.3 is 14.4 Å². The van der Waals surface area contributed by atoms with Gasteiger partial charge in [-0.3, -0.25) is 4.79 Å². The normalized spacial score (nSPS) is 16.4. The van der Waals surface area contributed by atoms with Gasteiger partial charge in [-0.15, -0.1) is 10.2 Å². The molecule has 28 heavy (non-hydrogen) atoms. The molecular weight excluding hydrogens is 378 g/mol. The van der Waals surface area contributed by atoms with E-state index in [1.807, 2.05) is 39.9 Å². The Labute approximate surface area is 166 Å². The summed E-state index contributed by atoms with van der Waals surface area (Å²) in [5.74, 6) is 1.99. The van der Waals surface area contributed by atoms with Crippen LogP contribution in [0.2, 0.25) is 0 Å². The van der Waals surface area contributed by atoms with Gasteiger partial charge in [0.1, 0.15) is 18.0 Å². The molecule has 0 N–H and O–H groups in total. The number of amides is 1. The van der Waals surface area contributed by atoms with Crippen LogP contribution in [0.1, 0.15) is 24.4 Å². The number of likely N-dealkylation sites (tertiary alicyclic amines) is 1. The standard InChI is InChI=1S/C19H21N5O3S/c1-26-14-5-6-17(27-2)15(10-14)16-4-3-8-23(16)18(25)11-24-21-19(20-22-24)13-7-9-28-12-13/h5-7,9-10,12,16H,3-4,8,11H2,1-2H3/t16-/m0/s1. The molecule has 8 nitrogen and oxygen atoms in total. The lowest BCUT2D eigenvalue weighted by molar-refractivity contribution is -0.133. The van der Waals surface area contributed by atoms with Gasteiger partial charge in [-0.25, -0.2) is 0 Å². The van der Waals surface area contributed by atoms with Crippen LogP contribution in [-0.2, 0) is 11.3 Å². The first-order chi connectivity index (χ1) is 13.7. The summed E-state index contributed by atoms with van der Waals surface area (Å²) in [6.45, 7) is 0.746. The molecule has 9 heteroatoms. The Balaban J connectivity index is 1.53. The van der Waals surface area contributed by atoms with E-state index in [4.69, 9.17) is 9.47 Å². The van der Waals surface area contributed by atoms with Crippen molar-refractivity contribution in [3.8, 4) is 22.9 Å². The zero-order valence-electron chi connectivity index (χ0n) is 15.7. The van der Waals surface area contributed by atoms with E-state index in [2.05, 4.69) is 15.4 Å². The topological polar surface area (TPSA) is 82.4 Å². The Hall–Kier alpha value is -2.94. The smallest absolute Gasteiger partial charge is 0.246 e. The number of carbonyl (C=O) groups is 1. The van der Waals surface area contributed by atoms with Gasteiger partial charge in [-0.1, -0.05) is 0 Å². The van der Waals surface area contributed by atoms with Crippen LogP contribution in [0.5, 0.6) is 11.5 Å². The van der Waals surface area contributed by atoms with Crippen LogP contribution in [0.25, 0.3) is 11.4 Å². The molecule has 0 saturated carbocycles. The van der Waals surface area contributed by atoms with Crippen molar-refractivity contribution in [2.45, 2.75) is 25.4 Å². The highest BCUT2D eigenvalue weighted by molar-refractivity contribution is 7.08. The maximum absolute atomic E-state index is 13.0. The number of hydrogen-bond acceptors (Lipinski definition) is 7. The number of tetrazole rings is 1. The maximum atomic E-state index is 13.0. The summed E-state index contributed by atoms with van der Waals surface area (Å²) >= 11 is 1.57. The minimum atomic E-state index is -0.0579. The fraction of sp³-hybridized carbons (Fsp3) is 0.368. The third kappa shape index (κ3) is 3.57. The first-order valence-electron chi connectivity index (χ1n) is 9.01. The number of ether oxygens (including phenoxy) is 2. The highest BCUT2D eigenvalue weighted by atomic mass is 32.1. The number of hydrogen-bond donors (Lipinski definition) is 0. The molecule has 4 rings (SSSR count). The molecule has 1 amide bonds. The van der Waals surface area contributed by atoms with Crippen molar-refractivity contribution in [3.63, 3.8) is 0 Å². The van der Waals surface area contributed by atoms with Crippen molar-refractivity contribution >= 4 is 17.2 Å². The van der Waals surface area contributed by atoms with Crippen LogP contribution in [-0.4, -0.2) is 51.8 Å². The quantitative estimate of drug-likeness (QED) is 0.634. The van der Waals surface area contributed by atoms with Gasteiger partial charge in [-0.05, 0) is 47.7 Å². The fourth-order valence-corrected chi connectivity index (χ4v) is 4.15. The van der Waals surface area contributed by atoms with Crippen molar-refractivity contribution in [2.75, 3.05) is 20.8 Å². The van der Waals surface area contributed by atoms with Gasteiger partial charge in [0.15, 0.2) is 0 Å². The van der Waals surface area contributed by atoms with Crippen LogP contribution in [0, 0.1) is 0 Å². The molecule has 3 heterocycles. The van der Waals surface area contributed by atoms with Crippen LogP contribution >= 0.6 is 11.3 Å². The highest BCUT2D eigenvalue weighted by Gasteiger charge is 2.32. The lowest BCUT2D eigenvalue weighted by Gasteiger charge is -2.26. The van der Waals surface area contributed by atoms with Crippen molar-refractivity contribution in [1.82, 2.24) is 25.1 Å². The lowest BCUT2D eigenvalue weighted by atomic mass is 10.0. The second kappa shape index (κ2) is 7.97. The second-order valence-corrected chi connectivity index (χ2v) is 7.29. The molecule has 1 saturated heterocycles. The third-order valence-electron chi connectivity index (χ3n) is 4.88. The molecular formula is C19H21N5O3S. The monoisotopic (exact) mass is 399 g/mol. The molecule has 146 valence electrons. The van der Waals surface area contributed by atoms with E-state index in [1.54, 1.807) is 25.6 Å². The second-order valence-electron chi connectivity index (χ2n) is 6.51. The Bertz CT molecular complexity index is 956. The number of benzene rings is 1. The molecule has 1 aliphatic rings.